The van der Waals surface area contributed by atoms with Gasteiger partial charge in [-0.25, -0.2) is 8.78 Å². The molecular formula is C26H26F2N2OS2. The third kappa shape index (κ3) is 8.38. The van der Waals surface area contributed by atoms with Gasteiger partial charge in [0, 0.05) is 18.1 Å². The molecule has 2 aromatic rings. The Morgan fingerprint density at radius 1 is 1.00 bits per heavy atom. The van der Waals surface area contributed by atoms with Crippen LogP contribution >= 0.6 is 23.5 Å². The van der Waals surface area contributed by atoms with Crippen LogP contribution in [-0.2, 0) is 16.3 Å². The van der Waals surface area contributed by atoms with Crippen molar-refractivity contribution in [2.45, 2.75) is 43.6 Å². The lowest BCUT2D eigenvalue weighted by molar-refractivity contribution is -0.117. The fraction of sp³-hybridized carbons (Fsp3) is 0.308. The summed E-state index contributed by atoms with van der Waals surface area (Å²) < 4.78 is 27.7. The number of hydrogen-bond acceptors (Lipinski definition) is 4. The summed E-state index contributed by atoms with van der Waals surface area (Å²) >= 11 is 2.63. The van der Waals surface area contributed by atoms with E-state index in [0.29, 0.717) is 22.3 Å². The fourth-order valence-corrected chi connectivity index (χ4v) is 5.69. The zero-order chi connectivity index (χ0) is 23.5. The Bertz CT molecular complexity index is 1020. The van der Waals surface area contributed by atoms with Gasteiger partial charge in [0.2, 0.25) is 0 Å². The Morgan fingerprint density at radius 3 is 2.15 bits per heavy atom. The molecule has 7 heteroatoms. The van der Waals surface area contributed by atoms with E-state index in [1.54, 1.807) is 24.3 Å². The number of nitrogens with zero attached hydrogens (tertiary/aromatic N) is 1. The highest BCUT2D eigenvalue weighted by atomic mass is 32.2. The molecule has 0 saturated carbocycles. The molecule has 0 heterocycles. The van der Waals surface area contributed by atoms with E-state index in [9.17, 15) is 18.8 Å². The monoisotopic (exact) mass is 484 g/mol. The molecule has 0 aromatic heterocycles. The summed E-state index contributed by atoms with van der Waals surface area (Å²) in [5.41, 5.74) is 2.90. The molecule has 172 valence electrons. The molecule has 0 aliphatic heterocycles. The number of halogens is 2. The molecule has 0 atom stereocenters. The largest absolute Gasteiger partial charge is 0.351 e. The number of nitriles is 1. The Labute approximate surface area is 202 Å². The van der Waals surface area contributed by atoms with Crippen molar-refractivity contribution in [1.29, 1.82) is 5.26 Å². The number of thioether (sulfide) groups is 2. The summed E-state index contributed by atoms with van der Waals surface area (Å²) in [7, 11) is 0. The molecule has 0 spiro atoms. The molecule has 2 aromatic carbocycles. The summed E-state index contributed by atoms with van der Waals surface area (Å²) in [6.07, 6.45) is 7.57. The van der Waals surface area contributed by atoms with Crippen molar-refractivity contribution >= 4 is 29.4 Å². The van der Waals surface area contributed by atoms with E-state index in [4.69, 9.17) is 0 Å². The first-order valence-corrected chi connectivity index (χ1v) is 12.9. The molecule has 1 amide bonds. The van der Waals surface area contributed by atoms with E-state index >= 15 is 0 Å². The van der Waals surface area contributed by atoms with E-state index in [0.717, 1.165) is 30.4 Å². The van der Waals surface area contributed by atoms with Crippen LogP contribution in [-0.4, -0.2) is 12.5 Å². The van der Waals surface area contributed by atoms with Gasteiger partial charge < -0.3 is 5.32 Å². The summed E-state index contributed by atoms with van der Waals surface area (Å²) in [5, 5.41) is 12.6. The molecule has 0 unspecified atom stereocenters. The zero-order valence-corrected chi connectivity index (χ0v) is 19.9. The molecule has 1 N–H and O–H groups in total. The van der Waals surface area contributed by atoms with Crippen molar-refractivity contribution in [3.63, 3.8) is 0 Å². The second-order valence-electron chi connectivity index (χ2n) is 7.73. The van der Waals surface area contributed by atoms with Crippen molar-refractivity contribution in [1.82, 2.24) is 5.32 Å². The second-order valence-corrected chi connectivity index (χ2v) is 9.96. The van der Waals surface area contributed by atoms with Crippen molar-refractivity contribution in [2.24, 2.45) is 0 Å². The van der Waals surface area contributed by atoms with E-state index in [1.165, 1.54) is 66.2 Å². The minimum Gasteiger partial charge on any atom is -0.351 e. The fourth-order valence-electron chi connectivity index (χ4n) is 3.48. The highest BCUT2D eigenvalue weighted by molar-refractivity contribution is 8.21. The lowest BCUT2D eigenvalue weighted by Gasteiger charge is -2.14. The molecular weight excluding hydrogens is 458 g/mol. The number of nitrogens with one attached hydrogen (secondary N) is 1. The predicted molar refractivity (Wildman–Crippen MR) is 132 cm³/mol. The quantitative estimate of drug-likeness (QED) is 0.227. The van der Waals surface area contributed by atoms with Gasteiger partial charge in [-0.15, -0.1) is 23.5 Å². The minimum atomic E-state index is -0.414. The number of carbonyl (C=O) groups is 1. The van der Waals surface area contributed by atoms with E-state index < -0.39 is 5.91 Å². The summed E-state index contributed by atoms with van der Waals surface area (Å²) in [6, 6.07) is 14.5. The first kappa shape index (κ1) is 25.1. The van der Waals surface area contributed by atoms with Gasteiger partial charge in [-0.3, -0.25) is 4.79 Å². The Hall–Kier alpha value is -2.56. The Balaban J connectivity index is 1.71. The van der Waals surface area contributed by atoms with Crippen LogP contribution in [0.15, 0.2) is 70.0 Å². The Morgan fingerprint density at radius 2 is 1.64 bits per heavy atom. The normalized spacial score (nSPS) is 13.1. The minimum absolute atomic E-state index is 0.0374. The molecule has 33 heavy (non-hydrogen) atoms. The van der Waals surface area contributed by atoms with Gasteiger partial charge in [-0.1, -0.05) is 35.9 Å². The van der Waals surface area contributed by atoms with Crippen LogP contribution in [0.4, 0.5) is 8.78 Å². The van der Waals surface area contributed by atoms with Gasteiger partial charge in [-0.2, -0.15) is 5.26 Å². The zero-order valence-electron chi connectivity index (χ0n) is 18.3. The number of amides is 1. The van der Waals surface area contributed by atoms with Crippen LogP contribution in [0.5, 0.6) is 0 Å². The van der Waals surface area contributed by atoms with Gasteiger partial charge in [0.25, 0.3) is 5.91 Å². The molecule has 0 saturated heterocycles. The average Bonchev–Trinajstić information content (AvgIpc) is 2.81. The summed E-state index contributed by atoms with van der Waals surface area (Å²) in [6.45, 7) is 0.478. The number of rotatable bonds is 10. The third-order valence-corrected chi connectivity index (χ3v) is 7.77. The molecule has 1 aliphatic carbocycles. The standard InChI is InChI=1S/C26H26F2N2OS2/c27-22-10-4-8-20(14-22)17-32-26(33-18-21-9-5-11-23(28)15-21)24(16-29)25(31)30-13-12-19-6-2-1-3-7-19/h4-6,8-11,14-15H,1-3,7,12-13,17-18H2,(H,30,31). The van der Waals surface area contributed by atoms with Gasteiger partial charge in [-0.05, 0) is 67.5 Å². The van der Waals surface area contributed by atoms with E-state index in [2.05, 4.69) is 11.4 Å². The van der Waals surface area contributed by atoms with Crippen LogP contribution in [0.25, 0.3) is 0 Å². The lowest BCUT2D eigenvalue weighted by Crippen LogP contribution is -2.26. The van der Waals surface area contributed by atoms with Crippen LogP contribution in [0.3, 0.4) is 0 Å². The van der Waals surface area contributed by atoms with E-state index in [1.807, 2.05) is 6.07 Å². The Kier molecular flexibility index (Phi) is 10.0. The number of benzene rings is 2. The van der Waals surface area contributed by atoms with Crippen LogP contribution in [0.1, 0.15) is 43.2 Å². The molecule has 0 radical (unpaired) electrons. The van der Waals surface area contributed by atoms with Crippen molar-refractivity contribution < 1.29 is 13.6 Å². The maximum Gasteiger partial charge on any atom is 0.263 e. The SMILES string of the molecule is N#CC(C(=O)NCCC1=CCCCC1)=C(SCc1cccc(F)c1)SCc1cccc(F)c1. The number of allylic oxidation sites excluding steroid dienone is 1. The van der Waals surface area contributed by atoms with Crippen LogP contribution in [0, 0.1) is 23.0 Å². The molecule has 1 aliphatic rings. The van der Waals surface area contributed by atoms with Gasteiger partial charge in [0.15, 0.2) is 0 Å². The van der Waals surface area contributed by atoms with E-state index in [-0.39, 0.29) is 17.2 Å². The second kappa shape index (κ2) is 13.2. The van der Waals surface area contributed by atoms with Gasteiger partial charge >= 0.3 is 0 Å². The van der Waals surface area contributed by atoms with Gasteiger partial charge in [0.05, 0.1) is 4.24 Å². The highest BCUT2D eigenvalue weighted by Crippen LogP contribution is 2.36. The van der Waals surface area contributed by atoms with Crippen molar-refractivity contribution in [3.8, 4) is 6.07 Å². The first-order valence-electron chi connectivity index (χ1n) is 10.9. The van der Waals surface area contributed by atoms with Crippen molar-refractivity contribution in [3.05, 3.63) is 92.8 Å². The van der Waals surface area contributed by atoms with Gasteiger partial charge in [0.1, 0.15) is 23.3 Å². The third-order valence-electron chi connectivity index (χ3n) is 5.18. The van der Waals surface area contributed by atoms with Crippen molar-refractivity contribution in [2.75, 3.05) is 6.54 Å². The molecule has 0 fully saturated rings. The summed E-state index contributed by atoms with van der Waals surface area (Å²) in [4.78, 5) is 12.8. The predicted octanol–water partition coefficient (Wildman–Crippen LogP) is 6.87. The maximum absolute atomic E-state index is 13.6. The van der Waals surface area contributed by atoms with Crippen LogP contribution < -0.4 is 5.32 Å². The average molecular weight is 485 g/mol. The molecule has 3 nitrogen and oxygen atoms in total. The lowest BCUT2D eigenvalue weighted by atomic mass is 9.97. The summed E-state index contributed by atoms with van der Waals surface area (Å²) in [5.74, 6) is -0.256. The molecule has 3 rings (SSSR count). The highest BCUT2D eigenvalue weighted by Gasteiger charge is 2.17. The topological polar surface area (TPSA) is 52.9 Å². The molecule has 0 bridgehead atoms. The first-order chi connectivity index (χ1) is 16.0. The number of hydrogen-bond donors (Lipinski definition) is 1. The van der Waals surface area contributed by atoms with Crippen LogP contribution in [0.2, 0.25) is 0 Å². The number of carbonyl (C=O) groups excluding carboxylic acids is 1. The maximum atomic E-state index is 13.6. The smallest absolute Gasteiger partial charge is 0.263 e.